The monoisotopic (exact) mass is 248 g/mol. The van der Waals surface area contributed by atoms with Crippen LogP contribution < -0.4 is 33.9 Å². The van der Waals surface area contributed by atoms with Gasteiger partial charge in [0.25, 0.3) is 0 Å². The van der Waals surface area contributed by atoms with E-state index in [4.69, 9.17) is 0 Å². The minimum atomic E-state index is -0.0833. The van der Waals surface area contributed by atoms with Crippen LogP contribution in [0, 0.1) is 0 Å². The van der Waals surface area contributed by atoms with Gasteiger partial charge in [0, 0.05) is 13.8 Å². The van der Waals surface area contributed by atoms with Gasteiger partial charge in [-0.3, -0.25) is 9.97 Å². The Labute approximate surface area is 101 Å². The van der Waals surface area contributed by atoms with E-state index in [9.17, 15) is 0 Å². The normalized spacial score (nSPS) is 10.3. The van der Waals surface area contributed by atoms with Crippen LogP contribution in [0.3, 0.4) is 0 Å². The molecule has 15 heavy (non-hydrogen) atoms. The number of H-pyrrole nitrogens is 2. The fraction of sp³-hybridized carbons (Fsp3) is 0.333. The standard InChI is InChI=1S/C9H12N4.2ClH/c1-9(2,12-5-3-10-7-12)13-6-4-11-8-13;;/h3-8H,1-2H3;2*1H. The number of nitrogens with one attached hydrogen (secondary N) is 2. The van der Waals surface area contributed by atoms with Crippen LogP contribution in [0.2, 0.25) is 0 Å². The molecule has 2 aromatic heterocycles. The van der Waals surface area contributed by atoms with Gasteiger partial charge in [-0.15, -0.1) is 0 Å². The molecule has 4 nitrogen and oxygen atoms in total. The van der Waals surface area contributed by atoms with Crippen LogP contribution in [0.5, 0.6) is 0 Å². The first-order valence-electron chi connectivity index (χ1n) is 4.30. The van der Waals surface area contributed by atoms with Crippen LogP contribution in [0.1, 0.15) is 13.8 Å². The van der Waals surface area contributed by atoms with Crippen LogP contribution in [0.15, 0.2) is 37.4 Å². The molecule has 0 saturated carbocycles. The quantitative estimate of drug-likeness (QED) is 0.498. The lowest BCUT2D eigenvalue weighted by Crippen LogP contribution is -3.00. The van der Waals surface area contributed by atoms with Crippen LogP contribution in [-0.2, 0) is 5.66 Å². The molecule has 0 fully saturated rings. The highest BCUT2D eigenvalue weighted by molar-refractivity contribution is 4.62. The van der Waals surface area contributed by atoms with Gasteiger partial charge in [0.05, 0.1) is 0 Å². The summed E-state index contributed by atoms with van der Waals surface area (Å²) in [6.07, 6.45) is 11.7. The van der Waals surface area contributed by atoms with E-state index >= 15 is 0 Å². The van der Waals surface area contributed by atoms with E-state index in [-0.39, 0.29) is 30.5 Å². The maximum absolute atomic E-state index is 3.04. The lowest BCUT2D eigenvalue weighted by Gasteiger charge is -2.16. The Balaban J connectivity index is 0.000000980. The third-order valence-electron chi connectivity index (χ3n) is 2.35. The number of aromatic amines is 2. The molecule has 0 radical (unpaired) electrons. The maximum Gasteiger partial charge on any atom is 0.246 e. The average molecular weight is 249 g/mol. The summed E-state index contributed by atoms with van der Waals surface area (Å²) in [4.78, 5) is 6.07. The molecule has 0 aromatic carbocycles. The van der Waals surface area contributed by atoms with Gasteiger partial charge in [0.1, 0.15) is 24.8 Å². The zero-order valence-corrected chi connectivity index (χ0v) is 10.1. The lowest BCUT2D eigenvalue weighted by atomic mass is 10.2. The van der Waals surface area contributed by atoms with Crippen molar-refractivity contribution in [2.24, 2.45) is 0 Å². The molecule has 2 heterocycles. The minimum Gasteiger partial charge on any atom is -1.00 e. The van der Waals surface area contributed by atoms with Gasteiger partial charge >= 0.3 is 0 Å². The Hall–Kier alpha value is -1.00. The van der Waals surface area contributed by atoms with E-state index in [1.807, 2.05) is 37.4 Å². The molecular formula is C9H14Cl2N4. The molecule has 0 aliphatic carbocycles. The first kappa shape index (κ1) is 14.0. The lowest BCUT2D eigenvalue weighted by molar-refractivity contribution is -0.986. The number of nitrogens with zero attached hydrogens (tertiary/aromatic N) is 2. The number of rotatable bonds is 2. The third kappa shape index (κ3) is 2.52. The first-order chi connectivity index (χ1) is 6.21. The fourth-order valence-electron chi connectivity index (χ4n) is 1.39. The van der Waals surface area contributed by atoms with Crippen LogP contribution in [0.4, 0.5) is 0 Å². The molecule has 0 atom stereocenters. The molecule has 0 amide bonds. The van der Waals surface area contributed by atoms with Gasteiger partial charge in [-0.25, -0.2) is 0 Å². The highest BCUT2D eigenvalue weighted by Crippen LogP contribution is 1.98. The molecule has 2 rings (SSSR count). The molecule has 0 unspecified atom stereocenters. The van der Waals surface area contributed by atoms with E-state index in [0.29, 0.717) is 0 Å². The molecular weight excluding hydrogens is 235 g/mol. The Kier molecular flexibility index (Phi) is 4.84. The molecule has 0 bridgehead atoms. The van der Waals surface area contributed by atoms with Gasteiger partial charge in [-0.2, -0.15) is 9.13 Å². The predicted molar refractivity (Wildman–Crippen MR) is 46.7 cm³/mol. The zero-order chi connectivity index (χ0) is 9.31. The molecule has 6 heteroatoms. The summed E-state index contributed by atoms with van der Waals surface area (Å²) in [7, 11) is 0. The van der Waals surface area contributed by atoms with Crippen molar-refractivity contribution in [1.82, 2.24) is 9.97 Å². The van der Waals surface area contributed by atoms with Gasteiger partial charge in [0.2, 0.25) is 18.3 Å². The average Bonchev–Trinajstić information content (AvgIpc) is 2.78. The summed E-state index contributed by atoms with van der Waals surface area (Å²) < 4.78 is 4.22. The molecule has 84 valence electrons. The van der Waals surface area contributed by atoms with Crippen molar-refractivity contribution in [2.75, 3.05) is 0 Å². The summed E-state index contributed by atoms with van der Waals surface area (Å²) in [5.41, 5.74) is -0.0833. The topological polar surface area (TPSA) is 39.3 Å². The Morgan fingerprint density at radius 2 is 1.27 bits per heavy atom. The molecule has 0 spiro atoms. The summed E-state index contributed by atoms with van der Waals surface area (Å²) in [5, 5.41) is 0. The van der Waals surface area contributed by atoms with Crippen LogP contribution in [0.25, 0.3) is 0 Å². The molecule has 2 N–H and O–H groups in total. The van der Waals surface area contributed by atoms with Gasteiger partial charge in [-0.05, 0) is 0 Å². The van der Waals surface area contributed by atoms with Crippen molar-refractivity contribution in [3.05, 3.63) is 37.4 Å². The van der Waals surface area contributed by atoms with Crippen molar-refractivity contribution in [1.29, 1.82) is 0 Å². The van der Waals surface area contributed by atoms with E-state index in [1.165, 1.54) is 0 Å². The van der Waals surface area contributed by atoms with E-state index < -0.39 is 0 Å². The van der Waals surface area contributed by atoms with Crippen molar-refractivity contribution >= 4 is 0 Å². The van der Waals surface area contributed by atoms with E-state index in [1.54, 1.807) is 0 Å². The number of aromatic nitrogens is 4. The zero-order valence-electron chi connectivity index (χ0n) is 8.61. The maximum atomic E-state index is 3.04. The van der Waals surface area contributed by atoms with Gasteiger partial charge in [-0.1, -0.05) is 0 Å². The molecule has 0 aliphatic heterocycles. The van der Waals surface area contributed by atoms with Crippen LogP contribution >= 0.6 is 0 Å². The summed E-state index contributed by atoms with van der Waals surface area (Å²) in [5.74, 6) is 0. The highest BCUT2D eigenvalue weighted by atomic mass is 35.5. The molecule has 2 aromatic rings. The van der Waals surface area contributed by atoms with E-state index in [0.717, 1.165) is 0 Å². The van der Waals surface area contributed by atoms with Crippen molar-refractivity contribution in [2.45, 2.75) is 19.5 Å². The summed E-state index contributed by atoms with van der Waals surface area (Å²) in [6, 6.07) is 0. The third-order valence-corrected chi connectivity index (χ3v) is 2.35. The van der Waals surface area contributed by atoms with Crippen LogP contribution in [-0.4, -0.2) is 9.97 Å². The second kappa shape index (κ2) is 5.19. The molecule has 0 saturated heterocycles. The minimum absolute atomic E-state index is 0. The second-order valence-electron chi connectivity index (χ2n) is 3.53. The number of hydrogen-bond donors (Lipinski definition) is 2. The Morgan fingerprint density at radius 1 is 0.867 bits per heavy atom. The Morgan fingerprint density at radius 3 is 1.53 bits per heavy atom. The van der Waals surface area contributed by atoms with Gasteiger partial charge < -0.3 is 24.8 Å². The summed E-state index contributed by atoms with van der Waals surface area (Å²) >= 11 is 0. The number of hydrogen-bond acceptors (Lipinski definition) is 0. The first-order valence-corrected chi connectivity index (χ1v) is 4.30. The van der Waals surface area contributed by atoms with Crippen molar-refractivity contribution in [3.63, 3.8) is 0 Å². The van der Waals surface area contributed by atoms with E-state index in [2.05, 4.69) is 32.9 Å². The predicted octanol–water partition coefficient (Wildman–Crippen LogP) is -5.83. The SMILES string of the molecule is CC(C)([n+]1cc[nH]c1)[n+]1cc[nH]c1.[Cl-].[Cl-]. The Bertz CT molecular complexity index is 330. The largest absolute Gasteiger partial charge is 1.00 e. The molecule has 0 aliphatic rings. The summed E-state index contributed by atoms with van der Waals surface area (Å²) in [6.45, 7) is 4.30. The number of halogens is 2. The fourth-order valence-corrected chi connectivity index (χ4v) is 1.39. The van der Waals surface area contributed by atoms with Gasteiger partial charge in [0.15, 0.2) is 0 Å². The van der Waals surface area contributed by atoms with Crippen molar-refractivity contribution in [3.8, 4) is 0 Å². The van der Waals surface area contributed by atoms with Crippen molar-refractivity contribution < 1.29 is 33.9 Å². The second-order valence-corrected chi connectivity index (χ2v) is 3.53. The highest BCUT2D eigenvalue weighted by Gasteiger charge is 2.31. The number of imidazole rings is 2. The smallest absolute Gasteiger partial charge is 0.246 e.